The Morgan fingerprint density at radius 3 is 2.54 bits per heavy atom. The summed E-state index contributed by atoms with van der Waals surface area (Å²) in [4.78, 5) is 2.17. The third-order valence-electron chi connectivity index (χ3n) is 2.42. The quantitative estimate of drug-likeness (QED) is 0.606. The zero-order valence-electron chi connectivity index (χ0n) is 7.48. The number of rotatable bonds is 1. The fourth-order valence-corrected chi connectivity index (χ4v) is 1.66. The average molecular weight is 173 g/mol. The molecule has 1 fully saturated rings. The second kappa shape index (κ2) is 3.42. The lowest BCUT2D eigenvalue weighted by atomic mass is 9.96. The van der Waals surface area contributed by atoms with Crippen LogP contribution in [0.4, 0.5) is 5.69 Å². The van der Waals surface area contributed by atoms with E-state index in [2.05, 4.69) is 4.90 Å². The van der Waals surface area contributed by atoms with Gasteiger partial charge in [-0.2, -0.15) is 0 Å². The van der Waals surface area contributed by atoms with E-state index in [1.807, 2.05) is 24.3 Å². The Morgan fingerprint density at radius 1 is 1.31 bits per heavy atom. The predicted molar refractivity (Wildman–Crippen MR) is 54.7 cm³/mol. The van der Waals surface area contributed by atoms with Crippen molar-refractivity contribution in [3.63, 3.8) is 0 Å². The van der Waals surface area contributed by atoms with E-state index >= 15 is 0 Å². The van der Waals surface area contributed by atoms with Crippen LogP contribution in [0.15, 0.2) is 24.3 Å². The first-order chi connectivity index (χ1) is 6.25. The first kappa shape index (κ1) is 8.63. The summed E-state index contributed by atoms with van der Waals surface area (Å²) in [5.41, 5.74) is 1.93. The van der Waals surface area contributed by atoms with Crippen LogP contribution in [0.2, 0.25) is 0 Å². The van der Waals surface area contributed by atoms with Gasteiger partial charge in [-0.1, -0.05) is 17.6 Å². The molecular formula is C10H12BNO. The van der Waals surface area contributed by atoms with Crippen LogP contribution in [0.1, 0.15) is 6.42 Å². The van der Waals surface area contributed by atoms with Crippen LogP contribution in [0.25, 0.3) is 0 Å². The number of anilines is 1. The Morgan fingerprint density at radius 2 is 2.00 bits per heavy atom. The lowest BCUT2D eigenvalue weighted by molar-refractivity contribution is 0.198. The number of nitrogens with zero attached hydrogens (tertiary/aromatic N) is 1. The van der Waals surface area contributed by atoms with E-state index < -0.39 is 0 Å². The summed E-state index contributed by atoms with van der Waals surface area (Å²) >= 11 is 0. The summed E-state index contributed by atoms with van der Waals surface area (Å²) in [6.45, 7) is 1.68. The molecule has 13 heavy (non-hydrogen) atoms. The van der Waals surface area contributed by atoms with Crippen molar-refractivity contribution in [2.24, 2.45) is 0 Å². The lowest BCUT2D eigenvalue weighted by Crippen LogP contribution is -2.21. The predicted octanol–water partition coefficient (Wildman–Crippen LogP) is 0.0514. The number of aliphatic hydroxyl groups is 1. The van der Waals surface area contributed by atoms with Gasteiger partial charge in [0.25, 0.3) is 0 Å². The molecule has 0 amide bonds. The summed E-state index contributed by atoms with van der Waals surface area (Å²) < 4.78 is 0. The molecule has 66 valence electrons. The molecule has 2 radical (unpaired) electrons. The molecule has 1 aliphatic rings. The highest BCUT2D eigenvalue weighted by molar-refractivity contribution is 6.32. The zero-order valence-corrected chi connectivity index (χ0v) is 7.48. The Kier molecular flexibility index (Phi) is 2.27. The normalized spacial score (nSPS) is 22.2. The molecule has 1 atom stereocenters. The van der Waals surface area contributed by atoms with E-state index in [1.165, 1.54) is 0 Å². The molecule has 0 bridgehead atoms. The van der Waals surface area contributed by atoms with Gasteiger partial charge in [-0.25, -0.2) is 0 Å². The molecule has 1 saturated heterocycles. The summed E-state index contributed by atoms with van der Waals surface area (Å²) in [7, 11) is 5.58. The summed E-state index contributed by atoms with van der Waals surface area (Å²) in [6.07, 6.45) is 0.697. The maximum Gasteiger partial charge on any atom is 0.113 e. The highest BCUT2D eigenvalue weighted by Gasteiger charge is 2.19. The molecule has 0 aliphatic carbocycles. The zero-order chi connectivity index (χ0) is 9.26. The smallest absolute Gasteiger partial charge is 0.113 e. The van der Waals surface area contributed by atoms with E-state index in [0.29, 0.717) is 0 Å². The first-order valence-corrected chi connectivity index (χ1v) is 4.54. The topological polar surface area (TPSA) is 23.5 Å². The van der Waals surface area contributed by atoms with Crippen molar-refractivity contribution >= 4 is 19.0 Å². The van der Waals surface area contributed by atoms with E-state index in [4.69, 9.17) is 7.85 Å². The van der Waals surface area contributed by atoms with Crippen molar-refractivity contribution in [3.8, 4) is 0 Å². The van der Waals surface area contributed by atoms with Crippen LogP contribution in [0, 0.1) is 0 Å². The first-order valence-electron chi connectivity index (χ1n) is 4.54. The molecule has 1 aromatic carbocycles. The van der Waals surface area contributed by atoms with Crippen molar-refractivity contribution in [1.82, 2.24) is 0 Å². The van der Waals surface area contributed by atoms with Gasteiger partial charge in [0.05, 0.1) is 6.10 Å². The largest absolute Gasteiger partial charge is 0.391 e. The molecule has 1 heterocycles. The van der Waals surface area contributed by atoms with Crippen LogP contribution >= 0.6 is 0 Å². The summed E-state index contributed by atoms with van der Waals surface area (Å²) in [5, 5.41) is 9.35. The number of hydrogen-bond donors (Lipinski definition) is 1. The molecule has 0 aromatic heterocycles. The lowest BCUT2D eigenvalue weighted by Gasteiger charge is -2.17. The van der Waals surface area contributed by atoms with Crippen molar-refractivity contribution in [2.75, 3.05) is 18.0 Å². The van der Waals surface area contributed by atoms with Gasteiger partial charge in [-0.05, 0) is 18.6 Å². The minimum atomic E-state index is -0.169. The van der Waals surface area contributed by atoms with Gasteiger partial charge in [-0.15, -0.1) is 0 Å². The number of aliphatic hydroxyl groups excluding tert-OH is 1. The van der Waals surface area contributed by atoms with Gasteiger partial charge < -0.3 is 10.0 Å². The van der Waals surface area contributed by atoms with E-state index in [9.17, 15) is 5.11 Å². The van der Waals surface area contributed by atoms with Gasteiger partial charge in [-0.3, -0.25) is 0 Å². The Labute approximate surface area is 79.6 Å². The van der Waals surface area contributed by atoms with Gasteiger partial charge in [0.1, 0.15) is 7.85 Å². The molecule has 3 heteroatoms. The number of hydrogen-bond acceptors (Lipinski definition) is 2. The molecule has 1 N–H and O–H groups in total. The van der Waals surface area contributed by atoms with Gasteiger partial charge in [0, 0.05) is 18.8 Å². The minimum absolute atomic E-state index is 0.169. The average Bonchev–Trinajstić information content (AvgIpc) is 2.53. The van der Waals surface area contributed by atoms with E-state index in [-0.39, 0.29) is 6.10 Å². The molecule has 0 spiro atoms. The second-order valence-electron chi connectivity index (χ2n) is 3.48. The molecule has 0 unspecified atom stereocenters. The van der Waals surface area contributed by atoms with Crippen molar-refractivity contribution in [2.45, 2.75) is 12.5 Å². The maximum absolute atomic E-state index is 9.35. The van der Waals surface area contributed by atoms with Crippen LogP contribution in [0.3, 0.4) is 0 Å². The van der Waals surface area contributed by atoms with Gasteiger partial charge in [0.15, 0.2) is 0 Å². The molecule has 1 aromatic rings. The fraction of sp³-hybridized carbons (Fsp3) is 0.400. The fourth-order valence-electron chi connectivity index (χ4n) is 1.66. The highest BCUT2D eigenvalue weighted by Crippen LogP contribution is 2.18. The van der Waals surface area contributed by atoms with E-state index in [1.54, 1.807) is 0 Å². The van der Waals surface area contributed by atoms with Gasteiger partial charge >= 0.3 is 0 Å². The van der Waals surface area contributed by atoms with Crippen LogP contribution in [-0.2, 0) is 0 Å². The number of β-amino-alcohol motifs (C(OH)–C–C–N with tert-alkyl or cyclic N) is 1. The van der Waals surface area contributed by atoms with Crippen LogP contribution in [0.5, 0.6) is 0 Å². The second-order valence-corrected chi connectivity index (χ2v) is 3.48. The molecule has 0 saturated carbocycles. The molecule has 1 aliphatic heterocycles. The SMILES string of the molecule is [B]c1ccc(N2CC[C@@H](O)C2)cc1. The monoisotopic (exact) mass is 173 g/mol. The third-order valence-corrected chi connectivity index (χ3v) is 2.42. The molecular weight excluding hydrogens is 161 g/mol. The highest BCUT2D eigenvalue weighted by atomic mass is 16.3. The Balaban J connectivity index is 2.13. The summed E-state index contributed by atoms with van der Waals surface area (Å²) in [6, 6.07) is 7.76. The van der Waals surface area contributed by atoms with Crippen molar-refractivity contribution in [1.29, 1.82) is 0 Å². The number of benzene rings is 1. The molecule has 2 nitrogen and oxygen atoms in total. The minimum Gasteiger partial charge on any atom is -0.391 e. The van der Waals surface area contributed by atoms with Crippen molar-refractivity contribution in [3.05, 3.63) is 24.3 Å². The van der Waals surface area contributed by atoms with Crippen LogP contribution < -0.4 is 10.4 Å². The van der Waals surface area contributed by atoms with E-state index in [0.717, 1.165) is 30.7 Å². The molecule has 2 rings (SSSR count). The maximum atomic E-state index is 9.35. The Hall–Kier alpha value is -0.955. The standard InChI is InChI=1S/C10H12BNO/c11-8-1-3-9(4-2-8)12-6-5-10(13)7-12/h1-4,10,13H,5-7H2/t10-/m1/s1. The third kappa shape index (κ3) is 1.86. The van der Waals surface area contributed by atoms with Crippen molar-refractivity contribution < 1.29 is 5.11 Å². The summed E-state index contributed by atoms with van der Waals surface area (Å²) in [5.74, 6) is 0. The Bertz CT molecular complexity index is 285. The van der Waals surface area contributed by atoms with Crippen LogP contribution in [-0.4, -0.2) is 32.1 Å². The van der Waals surface area contributed by atoms with Gasteiger partial charge in [0.2, 0.25) is 0 Å².